The summed E-state index contributed by atoms with van der Waals surface area (Å²) < 4.78 is 7.30. The summed E-state index contributed by atoms with van der Waals surface area (Å²) in [5, 5.41) is 4.24. The smallest absolute Gasteiger partial charge is 0.138 e. The van der Waals surface area contributed by atoms with Crippen molar-refractivity contribution in [1.29, 1.82) is 0 Å². The van der Waals surface area contributed by atoms with Gasteiger partial charge in [-0.05, 0) is 32.3 Å². The molecule has 1 aromatic rings. The predicted molar refractivity (Wildman–Crippen MR) is 64.9 cm³/mol. The van der Waals surface area contributed by atoms with Crippen molar-refractivity contribution in [1.82, 2.24) is 9.78 Å². The minimum absolute atomic E-state index is 0.281. The van der Waals surface area contributed by atoms with Crippen molar-refractivity contribution in [2.75, 3.05) is 6.61 Å². The molecule has 1 aliphatic rings. The third kappa shape index (κ3) is 3.40. The van der Waals surface area contributed by atoms with Crippen molar-refractivity contribution >= 4 is 5.78 Å². The van der Waals surface area contributed by atoms with Gasteiger partial charge in [-0.2, -0.15) is 5.10 Å². The van der Waals surface area contributed by atoms with Gasteiger partial charge < -0.3 is 4.74 Å². The highest BCUT2D eigenvalue weighted by Gasteiger charge is 2.17. The molecule has 1 unspecified atom stereocenters. The number of ether oxygens (including phenoxy) is 1. The molecule has 0 N–H and O–H groups in total. The molecule has 0 amide bonds. The topological polar surface area (TPSA) is 44.1 Å². The van der Waals surface area contributed by atoms with Crippen molar-refractivity contribution in [3.05, 3.63) is 17.5 Å². The summed E-state index contributed by atoms with van der Waals surface area (Å²) in [5.74, 6) is 0.281. The van der Waals surface area contributed by atoms with Crippen LogP contribution in [-0.4, -0.2) is 28.3 Å². The molecule has 4 nitrogen and oxygen atoms in total. The van der Waals surface area contributed by atoms with Crippen molar-refractivity contribution in [2.45, 2.75) is 45.1 Å². The van der Waals surface area contributed by atoms with Crippen LogP contribution in [0.3, 0.4) is 0 Å². The number of hydrogen-bond donors (Lipinski definition) is 0. The molecule has 0 aliphatic carbocycles. The van der Waals surface area contributed by atoms with Gasteiger partial charge in [0.2, 0.25) is 0 Å². The number of ketones is 1. The first-order valence-corrected chi connectivity index (χ1v) is 6.28. The zero-order valence-electron chi connectivity index (χ0n) is 10.6. The highest BCUT2D eigenvalue weighted by Crippen LogP contribution is 2.17. The van der Waals surface area contributed by atoms with Crippen LogP contribution in [0.5, 0.6) is 0 Å². The van der Waals surface area contributed by atoms with E-state index in [9.17, 15) is 4.79 Å². The first-order valence-electron chi connectivity index (χ1n) is 6.28. The summed E-state index contributed by atoms with van der Waals surface area (Å²) in [6.45, 7) is 2.81. The predicted octanol–water partition coefficient (Wildman–Crippen LogP) is 1.80. The molecule has 1 atom stereocenters. The number of rotatable bonds is 5. The van der Waals surface area contributed by atoms with E-state index in [1.165, 1.54) is 0 Å². The lowest BCUT2D eigenvalue weighted by molar-refractivity contribution is -0.119. The fourth-order valence-corrected chi connectivity index (χ4v) is 2.31. The fourth-order valence-electron chi connectivity index (χ4n) is 2.31. The molecule has 2 heterocycles. The first kappa shape index (κ1) is 12.3. The standard InChI is InChI=1S/C13H20N2O2/c1-10-8-11(15(2)14-10)9-12(16)5-6-13-4-3-7-17-13/h8,13H,3-7,9H2,1-2H3. The summed E-state index contributed by atoms with van der Waals surface area (Å²) in [7, 11) is 1.88. The van der Waals surface area contributed by atoms with Gasteiger partial charge in [-0.3, -0.25) is 9.48 Å². The lowest BCUT2D eigenvalue weighted by Gasteiger charge is -2.08. The Morgan fingerprint density at radius 3 is 3.06 bits per heavy atom. The molecular formula is C13H20N2O2. The Morgan fingerprint density at radius 2 is 2.47 bits per heavy atom. The second kappa shape index (κ2) is 5.45. The number of hydrogen-bond acceptors (Lipinski definition) is 3. The van der Waals surface area contributed by atoms with Gasteiger partial charge in [0, 0.05) is 32.2 Å². The van der Waals surface area contributed by atoms with Crippen LogP contribution in [0.1, 0.15) is 37.1 Å². The number of Topliss-reactive ketones (excluding diaryl/α,β-unsaturated/α-hetero) is 1. The zero-order chi connectivity index (χ0) is 12.3. The van der Waals surface area contributed by atoms with Crippen molar-refractivity contribution < 1.29 is 9.53 Å². The average Bonchev–Trinajstić information content (AvgIpc) is 2.87. The maximum Gasteiger partial charge on any atom is 0.138 e. The number of nitrogens with zero attached hydrogens (tertiary/aromatic N) is 2. The Balaban J connectivity index is 1.78. The summed E-state index contributed by atoms with van der Waals surface area (Å²) in [6.07, 6.45) is 4.54. The lowest BCUT2D eigenvalue weighted by Crippen LogP contribution is -2.12. The lowest BCUT2D eigenvalue weighted by atomic mass is 10.1. The van der Waals surface area contributed by atoms with Crippen molar-refractivity contribution in [2.24, 2.45) is 7.05 Å². The van der Waals surface area contributed by atoms with E-state index in [1.54, 1.807) is 4.68 Å². The number of aryl methyl sites for hydroxylation is 2. The minimum Gasteiger partial charge on any atom is -0.378 e. The van der Waals surface area contributed by atoms with Crippen LogP contribution < -0.4 is 0 Å². The second-order valence-corrected chi connectivity index (χ2v) is 4.79. The molecule has 1 aromatic heterocycles. The van der Waals surface area contributed by atoms with Gasteiger partial charge in [-0.15, -0.1) is 0 Å². The van der Waals surface area contributed by atoms with Crippen LogP contribution in [0.15, 0.2) is 6.07 Å². The van der Waals surface area contributed by atoms with E-state index >= 15 is 0 Å². The molecule has 1 fully saturated rings. The molecule has 1 aliphatic heterocycles. The molecule has 1 saturated heterocycles. The largest absolute Gasteiger partial charge is 0.378 e. The van der Waals surface area contributed by atoms with Crippen LogP contribution in [0.25, 0.3) is 0 Å². The highest BCUT2D eigenvalue weighted by molar-refractivity contribution is 5.80. The summed E-state index contributed by atoms with van der Waals surface area (Å²) >= 11 is 0. The SMILES string of the molecule is Cc1cc(CC(=O)CCC2CCCO2)n(C)n1. The minimum atomic E-state index is 0.281. The molecule has 0 bridgehead atoms. The quantitative estimate of drug-likeness (QED) is 0.783. The summed E-state index contributed by atoms with van der Waals surface area (Å²) in [6, 6.07) is 1.98. The van der Waals surface area contributed by atoms with Crippen LogP contribution in [0.2, 0.25) is 0 Å². The molecule has 0 aromatic carbocycles. The number of carbonyl (C=O) groups excluding carboxylic acids is 1. The van der Waals surface area contributed by atoms with E-state index in [4.69, 9.17) is 4.74 Å². The number of carbonyl (C=O) groups is 1. The van der Waals surface area contributed by atoms with E-state index in [-0.39, 0.29) is 5.78 Å². The normalized spacial score (nSPS) is 19.8. The first-order chi connectivity index (χ1) is 8.15. The third-order valence-corrected chi connectivity index (χ3v) is 3.25. The number of aromatic nitrogens is 2. The maximum atomic E-state index is 11.8. The van der Waals surface area contributed by atoms with Gasteiger partial charge >= 0.3 is 0 Å². The van der Waals surface area contributed by atoms with Gasteiger partial charge in [0.05, 0.1) is 11.8 Å². The zero-order valence-corrected chi connectivity index (χ0v) is 10.6. The third-order valence-electron chi connectivity index (χ3n) is 3.25. The van der Waals surface area contributed by atoms with E-state index in [1.807, 2.05) is 20.0 Å². The Hall–Kier alpha value is -1.16. The Labute approximate surface area is 102 Å². The Bertz CT molecular complexity index is 392. The monoisotopic (exact) mass is 236 g/mol. The summed E-state index contributed by atoms with van der Waals surface area (Å²) in [5.41, 5.74) is 1.97. The van der Waals surface area contributed by atoms with E-state index in [0.717, 1.165) is 37.3 Å². The van der Waals surface area contributed by atoms with Crippen LogP contribution in [0.4, 0.5) is 0 Å². The second-order valence-electron chi connectivity index (χ2n) is 4.79. The maximum absolute atomic E-state index is 11.8. The van der Waals surface area contributed by atoms with Gasteiger partial charge in [0.1, 0.15) is 5.78 Å². The molecule has 17 heavy (non-hydrogen) atoms. The van der Waals surface area contributed by atoms with Gasteiger partial charge in [-0.1, -0.05) is 0 Å². The fraction of sp³-hybridized carbons (Fsp3) is 0.692. The van der Waals surface area contributed by atoms with E-state index in [2.05, 4.69) is 5.10 Å². The van der Waals surface area contributed by atoms with Crippen LogP contribution >= 0.6 is 0 Å². The molecular weight excluding hydrogens is 216 g/mol. The Morgan fingerprint density at radius 1 is 1.65 bits per heavy atom. The van der Waals surface area contributed by atoms with E-state index in [0.29, 0.717) is 18.9 Å². The van der Waals surface area contributed by atoms with Gasteiger partial charge in [-0.25, -0.2) is 0 Å². The molecule has 2 rings (SSSR count). The van der Waals surface area contributed by atoms with Crippen LogP contribution in [0, 0.1) is 6.92 Å². The molecule has 4 heteroatoms. The molecule has 0 saturated carbocycles. The molecule has 0 spiro atoms. The summed E-state index contributed by atoms with van der Waals surface area (Å²) in [4.78, 5) is 11.8. The van der Waals surface area contributed by atoms with E-state index < -0.39 is 0 Å². The molecule has 0 radical (unpaired) electrons. The van der Waals surface area contributed by atoms with Crippen molar-refractivity contribution in [3.63, 3.8) is 0 Å². The average molecular weight is 236 g/mol. The van der Waals surface area contributed by atoms with Gasteiger partial charge in [0.15, 0.2) is 0 Å². The Kier molecular flexibility index (Phi) is 3.94. The molecule has 94 valence electrons. The highest BCUT2D eigenvalue weighted by atomic mass is 16.5. The van der Waals surface area contributed by atoms with Crippen molar-refractivity contribution in [3.8, 4) is 0 Å². The van der Waals surface area contributed by atoms with Gasteiger partial charge in [0.25, 0.3) is 0 Å². The van der Waals surface area contributed by atoms with Crippen LogP contribution in [-0.2, 0) is 23.0 Å².